The van der Waals surface area contributed by atoms with Gasteiger partial charge in [0.25, 0.3) is 0 Å². The van der Waals surface area contributed by atoms with Crippen LogP contribution in [0.3, 0.4) is 0 Å². The first-order valence-electron chi connectivity index (χ1n) is 7.93. The maximum atomic E-state index is 12.1. The predicted molar refractivity (Wildman–Crippen MR) is 91.9 cm³/mol. The second-order valence-electron chi connectivity index (χ2n) is 5.15. The van der Waals surface area contributed by atoms with Crippen LogP contribution in [-0.2, 0) is 11.2 Å². The zero-order chi connectivity index (χ0) is 16.7. The molecule has 0 saturated carbocycles. The van der Waals surface area contributed by atoms with E-state index in [0.717, 1.165) is 24.2 Å². The lowest BCUT2D eigenvalue weighted by atomic mass is 10.1. The molecule has 0 aromatic heterocycles. The summed E-state index contributed by atoms with van der Waals surface area (Å²) in [5.41, 5.74) is 1.98. The fraction of sp³-hybridized carbons (Fsp3) is 0.316. The minimum atomic E-state index is -0.687. The van der Waals surface area contributed by atoms with Gasteiger partial charge in [-0.2, -0.15) is 0 Å². The molecule has 23 heavy (non-hydrogen) atoms. The highest BCUT2D eigenvalue weighted by atomic mass is 16.7. The molecule has 0 radical (unpaired) electrons. The highest BCUT2D eigenvalue weighted by Gasteiger charge is 2.19. The summed E-state index contributed by atoms with van der Waals surface area (Å²) in [6, 6.07) is 17.3. The van der Waals surface area contributed by atoms with Gasteiger partial charge in [-0.25, -0.2) is 4.79 Å². The minimum absolute atomic E-state index is 0.413. The molecule has 0 aliphatic rings. The lowest BCUT2D eigenvalue weighted by Crippen LogP contribution is -2.37. The van der Waals surface area contributed by atoms with Gasteiger partial charge in [-0.1, -0.05) is 43.3 Å². The van der Waals surface area contributed by atoms with Crippen molar-refractivity contribution in [2.24, 2.45) is 0 Å². The Morgan fingerprint density at radius 2 is 1.70 bits per heavy atom. The molecular formula is C19H23NO3. The monoisotopic (exact) mass is 313 g/mol. The van der Waals surface area contributed by atoms with Gasteiger partial charge in [0.1, 0.15) is 5.75 Å². The predicted octanol–water partition coefficient (Wildman–Crippen LogP) is 4.64. The lowest BCUT2D eigenvalue weighted by Gasteiger charge is -2.29. The maximum Gasteiger partial charge on any atom is 0.515 e. The zero-order valence-electron chi connectivity index (χ0n) is 13.9. The second-order valence-corrected chi connectivity index (χ2v) is 5.15. The van der Waals surface area contributed by atoms with E-state index in [2.05, 4.69) is 0 Å². The summed E-state index contributed by atoms with van der Waals surface area (Å²) >= 11 is 0. The van der Waals surface area contributed by atoms with Gasteiger partial charge in [-0.05, 0) is 44.0 Å². The standard InChI is InChI=1S/C19H23NO3/c1-4-16-11-9-10-14-18(16)23-19(21)22-15(3)20(5-2)17-12-7-6-8-13-17/h6-15H,4-5H2,1-3H3. The number of hydrogen-bond acceptors (Lipinski definition) is 4. The van der Waals surface area contributed by atoms with Gasteiger partial charge in [0.2, 0.25) is 0 Å². The molecule has 2 aromatic rings. The molecule has 0 N–H and O–H groups in total. The van der Waals surface area contributed by atoms with Crippen molar-refractivity contribution in [2.75, 3.05) is 11.4 Å². The molecule has 2 aromatic carbocycles. The van der Waals surface area contributed by atoms with Crippen molar-refractivity contribution in [1.29, 1.82) is 0 Å². The third-order valence-electron chi connectivity index (χ3n) is 3.68. The number of nitrogens with zero attached hydrogens (tertiary/aromatic N) is 1. The van der Waals surface area contributed by atoms with Crippen LogP contribution in [0.1, 0.15) is 26.3 Å². The molecule has 122 valence electrons. The van der Waals surface area contributed by atoms with Crippen LogP contribution in [-0.4, -0.2) is 18.9 Å². The van der Waals surface area contributed by atoms with Crippen molar-refractivity contribution in [3.8, 4) is 5.75 Å². The molecule has 0 spiro atoms. The van der Waals surface area contributed by atoms with Crippen molar-refractivity contribution in [1.82, 2.24) is 0 Å². The Morgan fingerprint density at radius 3 is 2.35 bits per heavy atom. The summed E-state index contributed by atoms with van der Waals surface area (Å²) in [5, 5.41) is 0. The highest BCUT2D eigenvalue weighted by Crippen LogP contribution is 2.20. The number of aryl methyl sites for hydroxylation is 1. The van der Waals surface area contributed by atoms with E-state index >= 15 is 0 Å². The van der Waals surface area contributed by atoms with Crippen molar-refractivity contribution in [3.63, 3.8) is 0 Å². The van der Waals surface area contributed by atoms with Gasteiger partial charge in [0.05, 0.1) is 0 Å². The van der Waals surface area contributed by atoms with Crippen LogP contribution in [0.2, 0.25) is 0 Å². The van der Waals surface area contributed by atoms with Gasteiger partial charge in [0, 0.05) is 12.2 Å². The number of carbonyl (C=O) groups excluding carboxylic acids is 1. The van der Waals surface area contributed by atoms with Crippen molar-refractivity contribution in [3.05, 3.63) is 60.2 Å². The lowest BCUT2D eigenvalue weighted by molar-refractivity contribution is 0.0643. The van der Waals surface area contributed by atoms with Crippen LogP contribution in [0.25, 0.3) is 0 Å². The SMILES string of the molecule is CCc1ccccc1OC(=O)OC(C)N(CC)c1ccccc1. The van der Waals surface area contributed by atoms with Gasteiger partial charge in [-0.15, -0.1) is 0 Å². The van der Waals surface area contributed by atoms with Crippen LogP contribution < -0.4 is 9.64 Å². The fourth-order valence-electron chi connectivity index (χ4n) is 2.48. The number of rotatable bonds is 6. The average Bonchev–Trinajstić information content (AvgIpc) is 2.57. The van der Waals surface area contributed by atoms with Crippen molar-refractivity contribution < 1.29 is 14.3 Å². The Hall–Kier alpha value is -2.49. The van der Waals surface area contributed by atoms with E-state index in [-0.39, 0.29) is 0 Å². The molecule has 0 bridgehead atoms. The average molecular weight is 313 g/mol. The van der Waals surface area contributed by atoms with E-state index in [1.807, 2.05) is 74.2 Å². The Morgan fingerprint density at radius 1 is 1.04 bits per heavy atom. The third kappa shape index (κ3) is 4.49. The smallest absolute Gasteiger partial charge is 0.410 e. The molecule has 0 fully saturated rings. The number of ether oxygens (including phenoxy) is 2. The number of hydrogen-bond donors (Lipinski definition) is 0. The molecule has 1 atom stereocenters. The number of anilines is 1. The van der Waals surface area contributed by atoms with Gasteiger partial charge >= 0.3 is 6.16 Å². The molecule has 0 heterocycles. The first-order valence-corrected chi connectivity index (χ1v) is 7.93. The van der Waals surface area contributed by atoms with Gasteiger partial charge in [-0.3, -0.25) is 0 Å². The van der Waals surface area contributed by atoms with Gasteiger partial charge in [0.15, 0.2) is 6.23 Å². The van der Waals surface area contributed by atoms with Crippen LogP contribution in [0.15, 0.2) is 54.6 Å². The normalized spacial score (nSPS) is 11.6. The van der Waals surface area contributed by atoms with Gasteiger partial charge < -0.3 is 14.4 Å². The number of carbonyl (C=O) groups is 1. The first-order chi connectivity index (χ1) is 11.2. The van der Waals surface area contributed by atoms with E-state index in [1.54, 1.807) is 6.07 Å². The van der Waals surface area contributed by atoms with Crippen LogP contribution in [0, 0.1) is 0 Å². The quantitative estimate of drug-likeness (QED) is 0.442. The topological polar surface area (TPSA) is 38.8 Å². The Balaban J connectivity index is 2.01. The summed E-state index contributed by atoms with van der Waals surface area (Å²) in [5.74, 6) is 0.551. The maximum absolute atomic E-state index is 12.1. The van der Waals surface area contributed by atoms with E-state index in [0.29, 0.717) is 5.75 Å². The fourth-order valence-corrected chi connectivity index (χ4v) is 2.48. The Bertz CT molecular complexity index is 628. The molecule has 2 rings (SSSR count). The summed E-state index contributed by atoms with van der Waals surface area (Å²) in [6.45, 7) is 6.60. The highest BCUT2D eigenvalue weighted by molar-refractivity contribution is 5.65. The largest absolute Gasteiger partial charge is 0.515 e. The first kappa shape index (κ1) is 16.9. The summed E-state index contributed by atoms with van der Waals surface area (Å²) < 4.78 is 10.8. The second kappa shape index (κ2) is 8.22. The van der Waals surface area contributed by atoms with Crippen LogP contribution in [0.5, 0.6) is 5.75 Å². The molecule has 4 heteroatoms. The molecule has 1 unspecified atom stereocenters. The number of para-hydroxylation sites is 2. The van der Waals surface area contributed by atoms with Crippen molar-refractivity contribution >= 4 is 11.8 Å². The molecular weight excluding hydrogens is 290 g/mol. The van der Waals surface area contributed by atoms with E-state index in [4.69, 9.17) is 9.47 Å². The summed E-state index contributed by atoms with van der Waals surface area (Å²) in [6.07, 6.45) is -0.305. The molecule has 0 aliphatic carbocycles. The molecule has 0 saturated heterocycles. The van der Waals surface area contributed by atoms with E-state index in [9.17, 15) is 4.79 Å². The molecule has 0 aliphatic heterocycles. The van der Waals surface area contributed by atoms with E-state index < -0.39 is 12.4 Å². The third-order valence-corrected chi connectivity index (χ3v) is 3.68. The molecule has 4 nitrogen and oxygen atoms in total. The van der Waals surface area contributed by atoms with Crippen LogP contribution in [0.4, 0.5) is 10.5 Å². The summed E-state index contributed by atoms with van der Waals surface area (Å²) in [4.78, 5) is 14.1. The number of benzene rings is 2. The summed E-state index contributed by atoms with van der Waals surface area (Å²) in [7, 11) is 0. The minimum Gasteiger partial charge on any atom is -0.410 e. The molecule has 0 amide bonds. The van der Waals surface area contributed by atoms with Crippen LogP contribution >= 0.6 is 0 Å². The van der Waals surface area contributed by atoms with E-state index in [1.165, 1.54) is 0 Å². The Labute approximate surface area is 137 Å². The Kier molecular flexibility index (Phi) is 6.03. The zero-order valence-corrected chi connectivity index (χ0v) is 13.9. The van der Waals surface area contributed by atoms with Crippen molar-refractivity contribution in [2.45, 2.75) is 33.4 Å².